The first-order valence-electron chi connectivity index (χ1n) is 13.1. The first-order valence-corrected chi connectivity index (χ1v) is 13.1. The molecule has 1 aromatic carbocycles. The maximum absolute atomic E-state index is 13.7. The molecule has 0 radical (unpaired) electrons. The predicted molar refractivity (Wildman–Crippen MR) is 146 cm³/mol. The molecule has 2 aliphatic heterocycles. The van der Waals surface area contributed by atoms with Gasteiger partial charge in [-0.05, 0) is 35.4 Å². The van der Waals surface area contributed by atoms with Crippen LogP contribution in [0.2, 0.25) is 0 Å². The summed E-state index contributed by atoms with van der Waals surface area (Å²) in [5.41, 5.74) is 3.70. The van der Waals surface area contributed by atoms with Crippen molar-refractivity contribution in [1.82, 2.24) is 30.4 Å². The van der Waals surface area contributed by atoms with Crippen molar-refractivity contribution in [1.29, 1.82) is 5.26 Å². The van der Waals surface area contributed by atoms with Gasteiger partial charge in [0.05, 0.1) is 35.9 Å². The summed E-state index contributed by atoms with van der Waals surface area (Å²) in [6.45, 7) is 3.50. The minimum atomic E-state index is -3.12. The highest BCUT2D eigenvalue weighted by Crippen LogP contribution is 2.31. The topological polar surface area (TPSA) is 114 Å². The molecule has 3 aromatic rings. The molecule has 2 N–H and O–H groups in total. The molecular weight excluding hydrogens is 516 g/mol. The first kappa shape index (κ1) is 27.3. The highest BCUT2D eigenvalue weighted by atomic mass is 19.3. The number of nitrogens with one attached hydrogen (secondary N) is 2. The molecule has 2 aliphatic rings. The number of rotatable bonds is 7. The maximum Gasteiger partial charge on any atom is 0.268 e. The van der Waals surface area contributed by atoms with Gasteiger partial charge in [-0.2, -0.15) is 5.26 Å². The minimum Gasteiger partial charge on any atom is -0.343 e. The van der Waals surface area contributed by atoms with Crippen LogP contribution in [0, 0.1) is 11.3 Å². The van der Waals surface area contributed by atoms with Gasteiger partial charge in [-0.1, -0.05) is 24.3 Å². The van der Waals surface area contributed by atoms with E-state index in [1.54, 1.807) is 18.2 Å². The molecule has 0 saturated carbocycles. The highest BCUT2D eigenvalue weighted by molar-refractivity contribution is 6.07. The molecule has 9 nitrogen and oxygen atoms in total. The van der Waals surface area contributed by atoms with Gasteiger partial charge < -0.3 is 15.5 Å². The van der Waals surface area contributed by atoms with Crippen LogP contribution in [-0.4, -0.2) is 82.8 Å². The molecule has 206 valence electrons. The van der Waals surface area contributed by atoms with E-state index in [0.29, 0.717) is 16.5 Å². The summed E-state index contributed by atoms with van der Waals surface area (Å²) in [6, 6.07) is 11.6. The van der Waals surface area contributed by atoms with Crippen molar-refractivity contribution in [2.24, 2.45) is 0 Å². The molecule has 5 rings (SSSR count). The number of fused-ring (bicyclic) bond motifs is 1. The number of hydrogen-bond acceptors (Lipinski definition) is 7. The van der Waals surface area contributed by atoms with E-state index in [1.807, 2.05) is 42.6 Å². The third-order valence-electron chi connectivity index (χ3n) is 7.06. The van der Waals surface area contributed by atoms with Gasteiger partial charge in [0.2, 0.25) is 5.91 Å². The summed E-state index contributed by atoms with van der Waals surface area (Å²) in [4.78, 5) is 37.6. The van der Waals surface area contributed by atoms with Crippen molar-refractivity contribution < 1.29 is 18.4 Å². The van der Waals surface area contributed by atoms with Gasteiger partial charge in [-0.3, -0.25) is 24.5 Å². The number of likely N-dealkylation sites (tertiary alicyclic amines) is 1. The molecule has 1 unspecified atom stereocenters. The molecule has 2 fully saturated rings. The minimum absolute atomic E-state index is 0.301. The van der Waals surface area contributed by atoms with Crippen LogP contribution in [-0.2, 0) is 11.3 Å². The van der Waals surface area contributed by atoms with Gasteiger partial charge in [-0.25, -0.2) is 8.78 Å². The molecule has 0 spiro atoms. The zero-order valence-electron chi connectivity index (χ0n) is 21.8. The lowest BCUT2D eigenvalue weighted by molar-refractivity contribution is -0.131. The highest BCUT2D eigenvalue weighted by Gasteiger charge is 2.47. The average Bonchev–Trinajstić information content (AvgIpc) is 3.30. The molecule has 2 amide bonds. The molecule has 0 bridgehead atoms. The number of nitrogens with zero attached hydrogens (tertiary/aromatic N) is 5. The molecule has 2 aromatic heterocycles. The second-order valence-electron chi connectivity index (χ2n) is 9.99. The van der Waals surface area contributed by atoms with Gasteiger partial charge in [0, 0.05) is 56.9 Å². The largest absolute Gasteiger partial charge is 0.343 e. The van der Waals surface area contributed by atoms with Crippen molar-refractivity contribution in [3.05, 3.63) is 71.2 Å². The smallest absolute Gasteiger partial charge is 0.268 e. The lowest BCUT2D eigenvalue weighted by Gasteiger charge is -2.26. The van der Waals surface area contributed by atoms with Crippen molar-refractivity contribution in [3.8, 4) is 6.07 Å². The van der Waals surface area contributed by atoms with Gasteiger partial charge in [0.15, 0.2) is 0 Å². The Balaban J connectivity index is 1.25. The van der Waals surface area contributed by atoms with E-state index >= 15 is 0 Å². The Bertz CT molecular complexity index is 1460. The van der Waals surface area contributed by atoms with Crippen LogP contribution in [0.15, 0.2) is 48.8 Å². The van der Waals surface area contributed by atoms with E-state index in [9.17, 15) is 18.4 Å². The number of aromatic nitrogens is 2. The van der Waals surface area contributed by atoms with Crippen LogP contribution >= 0.6 is 0 Å². The molecule has 0 aliphatic carbocycles. The predicted octanol–water partition coefficient (Wildman–Crippen LogP) is 2.69. The van der Waals surface area contributed by atoms with Crippen molar-refractivity contribution in [2.75, 3.05) is 39.3 Å². The number of hydrogen-bond donors (Lipinski definition) is 2. The number of carbonyl (C=O) groups is 2. The summed E-state index contributed by atoms with van der Waals surface area (Å²) in [5.74, 6) is -4.38. The quantitative estimate of drug-likeness (QED) is 0.469. The fourth-order valence-electron chi connectivity index (χ4n) is 4.93. The first-order chi connectivity index (χ1) is 19.3. The molecular formula is C29H29F2N7O2. The zero-order valence-corrected chi connectivity index (χ0v) is 21.8. The fraction of sp³-hybridized carbons (Fsp3) is 0.345. The van der Waals surface area contributed by atoms with Crippen LogP contribution < -0.4 is 10.6 Å². The number of benzene rings is 1. The second kappa shape index (κ2) is 11.9. The van der Waals surface area contributed by atoms with Crippen molar-refractivity contribution >= 4 is 34.9 Å². The van der Waals surface area contributed by atoms with E-state index in [2.05, 4.69) is 25.5 Å². The molecule has 1 atom stereocenters. The van der Waals surface area contributed by atoms with E-state index in [0.717, 1.165) is 54.4 Å². The number of alkyl halides is 2. The van der Waals surface area contributed by atoms with Crippen LogP contribution in [0.5, 0.6) is 0 Å². The summed E-state index contributed by atoms with van der Waals surface area (Å²) in [5, 5.41) is 15.6. The Hall–Kier alpha value is -4.27. The van der Waals surface area contributed by atoms with Crippen LogP contribution in [0.4, 0.5) is 8.78 Å². The summed E-state index contributed by atoms with van der Waals surface area (Å²) in [7, 11) is 0. The number of piperazine rings is 1. The molecule has 2 saturated heterocycles. The Labute approximate surface area is 230 Å². The van der Waals surface area contributed by atoms with E-state index < -0.39 is 43.3 Å². The maximum atomic E-state index is 13.7. The number of carbonyl (C=O) groups excluding carboxylic acids is 2. The van der Waals surface area contributed by atoms with Crippen molar-refractivity contribution in [2.45, 2.75) is 24.9 Å². The lowest BCUT2D eigenvalue weighted by Crippen LogP contribution is -2.43. The average molecular weight is 546 g/mol. The zero-order chi connectivity index (χ0) is 28.1. The monoisotopic (exact) mass is 545 g/mol. The number of halogens is 2. The van der Waals surface area contributed by atoms with Crippen LogP contribution in [0.3, 0.4) is 0 Å². The van der Waals surface area contributed by atoms with Crippen molar-refractivity contribution in [3.63, 3.8) is 0 Å². The normalized spacial score (nSPS) is 19.1. The van der Waals surface area contributed by atoms with Gasteiger partial charge >= 0.3 is 0 Å². The SMILES string of the molecule is N#CC1CC(F)(F)CN1C(=O)CNC(=O)c1ccnc2ccc(C=Cc3ccc(CN4CCNCC4)nc3)cc12. The summed E-state index contributed by atoms with van der Waals surface area (Å²) >= 11 is 0. The third kappa shape index (κ3) is 6.47. The molecule has 11 heteroatoms. The second-order valence-corrected chi connectivity index (χ2v) is 9.99. The van der Waals surface area contributed by atoms with Gasteiger partial charge in [0.25, 0.3) is 11.8 Å². The Morgan fingerprint density at radius 2 is 1.90 bits per heavy atom. The van der Waals surface area contributed by atoms with Gasteiger partial charge in [-0.15, -0.1) is 0 Å². The number of nitriles is 1. The number of pyridine rings is 2. The molecule has 40 heavy (non-hydrogen) atoms. The Morgan fingerprint density at radius 1 is 1.12 bits per heavy atom. The standard InChI is InChI=1S/C29H29F2N7O2/c30-29(31)14-23(15-32)38(19-29)27(39)17-36-28(40)24-7-8-34-26-6-4-20(13-25(24)26)1-2-21-3-5-22(35-16-21)18-37-11-9-33-10-12-37/h1-8,13,16,23,33H,9-12,14,17-19H2,(H,36,40). The lowest BCUT2D eigenvalue weighted by atomic mass is 10.0. The third-order valence-corrected chi connectivity index (χ3v) is 7.06. The fourth-order valence-corrected chi connectivity index (χ4v) is 4.93. The summed E-state index contributed by atoms with van der Waals surface area (Å²) in [6.07, 6.45) is 6.48. The van der Waals surface area contributed by atoms with E-state index in [1.165, 1.54) is 6.20 Å². The van der Waals surface area contributed by atoms with Gasteiger partial charge in [0.1, 0.15) is 6.04 Å². The van der Waals surface area contributed by atoms with E-state index in [-0.39, 0.29) is 0 Å². The summed E-state index contributed by atoms with van der Waals surface area (Å²) < 4.78 is 27.4. The van der Waals surface area contributed by atoms with Crippen LogP contribution in [0.1, 0.15) is 33.6 Å². The number of amides is 2. The molecule has 4 heterocycles. The van der Waals surface area contributed by atoms with Crippen LogP contribution in [0.25, 0.3) is 23.1 Å². The Kier molecular flexibility index (Phi) is 8.09. The van der Waals surface area contributed by atoms with E-state index in [4.69, 9.17) is 5.26 Å². The Morgan fingerprint density at radius 3 is 2.65 bits per heavy atom.